The molecular weight excluding hydrogens is 330 g/mol. The molecule has 0 aliphatic carbocycles. The molecule has 0 saturated heterocycles. The van der Waals surface area contributed by atoms with Crippen LogP contribution < -0.4 is 5.32 Å². The highest BCUT2D eigenvalue weighted by atomic mass is 32.2. The van der Waals surface area contributed by atoms with Crippen LogP contribution in [-0.2, 0) is 4.79 Å². The van der Waals surface area contributed by atoms with E-state index in [9.17, 15) is 10.1 Å². The molecule has 1 aromatic carbocycles. The van der Waals surface area contributed by atoms with E-state index in [4.69, 9.17) is 0 Å². The van der Waals surface area contributed by atoms with Crippen LogP contribution in [0.4, 0.5) is 5.69 Å². The van der Waals surface area contributed by atoms with Crippen molar-refractivity contribution >= 4 is 23.4 Å². The standard InChI is InChI=1S/C20H23N3OS/c1-13(2)17-8-7-16(12-21)20(23-17)25-10-9-19(24)22-18-11-14(3)5-6-15(18)4/h5-8,11,13H,9-10H2,1-4H3,(H,22,24). The number of nitrogens with zero attached hydrogens (tertiary/aromatic N) is 2. The first kappa shape index (κ1) is 19.0. The fourth-order valence-corrected chi connectivity index (χ4v) is 3.21. The number of hydrogen-bond acceptors (Lipinski definition) is 4. The highest BCUT2D eigenvalue weighted by molar-refractivity contribution is 7.99. The largest absolute Gasteiger partial charge is 0.326 e. The zero-order valence-corrected chi connectivity index (χ0v) is 15.9. The topological polar surface area (TPSA) is 65.8 Å². The lowest BCUT2D eigenvalue weighted by Crippen LogP contribution is -2.13. The molecule has 2 aromatic rings. The molecule has 5 heteroatoms. The number of hydrogen-bond donors (Lipinski definition) is 1. The Morgan fingerprint density at radius 3 is 2.72 bits per heavy atom. The van der Waals surface area contributed by atoms with Gasteiger partial charge in [-0.1, -0.05) is 26.0 Å². The molecular formula is C20H23N3OS. The first-order valence-corrected chi connectivity index (χ1v) is 9.30. The van der Waals surface area contributed by atoms with Crippen molar-refractivity contribution in [2.75, 3.05) is 11.1 Å². The molecule has 0 fully saturated rings. The predicted octanol–water partition coefficient (Wildman–Crippen LogP) is 4.81. The summed E-state index contributed by atoms with van der Waals surface area (Å²) in [4.78, 5) is 16.7. The summed E-state index contributed by atoms with van der Waals surface area (Å²) in [5, 5.41) is 12.9. The van der Waals surface area contributed by atoms with Crippen LogP contribution in [0.5, 0.6) is 0 Å². The second-order valence-corrected chi connectivity index (χ2v) is 7.40. The SMILES string of the molecule is Cc1ccc(C)c(NC(=O)CCSc2nc(C(C)C)ccc2C#N)c1. The van der Waals surface area contributed by atoms with Crippen molar-refractivity contribution < 1.29 is 4.79 Å². The van der Waals surface area contributed by atoms with Gasteiger partial charge in [0.15, 0.2) is 0 Å². The van der Waals surface area contributed by atoms with Crippen molar-refractivity contribution in [1.82, 2.24) is 4.98 Å². The maximum absolute atomic E-state index is 12.2. The molecule has 0 saturated carbocycles. The van der Waals surface area contributed by atoms with Crippen LogP contribution in [0.1, 0.15) is 48.6 Å². The number of carbonyl (C=O) groups excluding carboxylic acids is 1. The molecule has 1 heterocycles. The van der Waals surface area contributed by atoms with E-state index in [1.807, 2.05) is 38.1 Å². The summed E-state index contributed by atoms with van der Waals surface area (Å²) in [5.41, 5.74) is 4.53. The zero-order chi connectivity index (χ0) is 18.4. The third kappa shape index (κ3) is 5.33. The van der Waals surface area contributed by atoms with Crippen LogP contribution >= 0.6 is 11.8 Å². The maximum Gasteiger partial charge on any atom is 0.225 e. The quantitative estimate of drug-likeness (QED) is 0.757. The Morgan fingerprint density at radius 1 is 1.28 bits per heavy atom. The first-order valence-electron chi connectivity index (χ1n) is 8.31. The van der Waals surface area contributed by atoms with Crippen molar-refractivity contribution in [3.8, 4) is 6.07 Å². The van der Waals surface area contributed by atoms with Crippen LogP contribution in [0, 0.1) is 25.2 Å². The lowest BCUT2D eigenvalue weighted by molar-refractivity contribution is -0.115. The minimum absolute atomic E-state index is 0.0280. The number of thioether (sulfide) groups is 1. The molecule has 1 amide bonds. The number of aryl methyl sites for hydroxylation is 2. The van der Waals surface area contributed by atoms with E-state index in [1.54, 1.807) is 6.07 Å². The Morgan fingerprint density at radius 2 is 2.04 bits per heavy atom. The van der Waals surface area contributed by atoms with Gasteiger partial charge in [-0.15, -0.1) is 11.8 Å². The van der Waals surface area contributed by atoms with Crippen LogP contribution in [0.15, 0.2) is 35.4 Å². The molecule has 1 aromatic heterocycles. The van der Waals surface area contributed by atoms with Gasteiger partial charge in [-0.05, 0) is 49.1 Å². The highest BCUT2D eigenvalue weighted by Crippen LogP contribution is 2.24. The Balaban J connectivity index is 1.96. The van der Waals surface area contributed by atoms with Crippen molar-refractivity contribution in [3.63, 3.8) is 0 Å². The van der Waals surface area contributed by atoms with E-state index < -0.39 is 0 Å². The number of pyridine rings is 1. The molecule has 0 bridgehead atoms. The normalized spacial score (nSPS) is 10.6. The van der Waals surface area contributed by atoms with Gasteiger partial charge in [0.2, 0.25) is 5.91 Å². The van der Waals surface area contributed by atoms with Crippen LogP contribution in [0.25, 0.3) is 0 Å². The molecule has 1 N–H and O–H groups in total. The fraction of sp³-hybridized carbons (Fsp3) is 0.350. The number of carbonyl (C=O) groups is 1. The lowest BCUT2D eigenvalue weighted by Gasteiger charge is -2.10. The van der Waals surface area contributed by atoms with E-state index in [-0.39, 0.29) is 5.91 Å². The van der Waals surface area contributed by atoms with Crippen molar-refractivity contribution in [2.24, 2.45) is 0 Å². The van der Waals surface area contributed by atoms with Gasteiger partial charge in [-0.3, -0.25) is 4.79 Å². The first-order chi connectivity index (χ1) is 11.9. The van der Waals surface area contributed by atoms with Crippen molar-refractivity contribution in [2.45, 2.75) is 45.1 Å². The second kappa shape index (κ2) is 8.68. The summed E-state index contributed by atoms with van der Waals surface area (Å²) in [6, 6.07) is 11.9. The van der Waals surface area contributed by atoms with Gasteiger partial charge in [0, 0.05) is 23.6 Å². The van der Waals surface area contributed by atoms with E-state index in [1.165, 1.54) is 11.8 Å². The van der Waals surface area contributed by atoms with E-state index in [0.29, 0.717) is 28.7 Å². The molecule has 0 unspecified atom stereocenters. The summed E-state index contributed by atoms with van der Waals surface area (Å²) in [6.07, 6.45) is 0.372. The summed E-state index contributed by atoms with van der Waals surface area (Å²) in [6.45, 7) is 8.12. The highest BCUT2D eigenvalue weighted by Gasteiger charge is 2.10. The van der Waals surface area contributed by atoms with Crippen molar-refractivity contribution in [1.29, 1.82) is 5.26 Å². The van der Waals surface area contributed by atoms with Crippen LogP contribution in [0.3, 0.4) is 0 Å². The number of rotatable bonds is 6. The second-order valence-electron chi connectivity index (χ2n) is 6.32. The van der Waals surface area contributed by atoms with Gasteiger partial charge in [-0.25, -0.2) is 4.98 Å². The Labute approximate surface area is 153 Å². The van der Waals surface area contributed by atoms with E-state index in [0.717, 1.165) is 22.5 Å². The minimum atomic E-state index is -0.0280. The fourth-order valence-electron chi connectivity index (χ4n) is 2.30. The number of amides is 1. The average molecular weight is 353 g/mol. The molecule has 2 rings (SSSR count). The number of aromatic nitrogens is 1. The molecule has 0 radical (unpaired) electrons. The van der Waals surface area contributed by atoms with Crippen LogP contribution in [-0.4, -0.2) is 16.6 Å². The van der Waals surface area contributed by atoms with E-state index in [2.05, 4.69) is 30.2 Å². The van der Waals surface area contributed by atoms with Crippen molar-refractivity contribution in [3.05, 3.63) is 52.7 Å². The minimum Gasteiger partial charge on any atom is -0.326 e. The van der Waals surface area contributed by atoms with Gasteiger partial charge in [0.1, 0.15) is 11.1 Å². The third-order valence-electron chi connectivity index (χ3n) is 3.83. The average Bonchev–Trinajstić information content (AvgIpc) is 2.58. The molecule has 4 nitrogen and oxygen atoms in total. The number of anilines is 1. The number of nitrogens with one attached hydrogen (secondary N) is 1. The van der Waals surface area contributed by atoms with Gasteiger partial charge >= 0.3 is 0 Å². The molecule has 25 heavy (non-hydrogen) atoms. The third-order valence-corrected chi connectivity index (χ3v) is 4.82. The molecule has 0 aliphatic rings. The Kier molecular flexibility index (Phi) is 6.60. The summed E-state index contributed by atoms with van der Waals surface area (Å²) < 4.78 is 0. The molecule has 0 spiro atoms. The number of benzene rings is 1. The lowest BCUT2D eigenvalue weighted by atomic mass is 10.1. The molecule has 0 atom stereocenters. The monoisotopic (exact) mass is 353 g/mol. The predicted molar refractivity (Wildman–Crippen MR) is 103 cm³/mol. The van der Waals surface area contributed by atoms with Gasteiger partial charge in [0.05, 0.1) is 5.56 Å². The maximum atomic E-state index is 12.2. The van der Waals surface area contributed by atoms with Crippen LogP contribution in [0.2, 0.25) is 0 Å². The van der Waals surface area contributed by atoms with E-state index >= 15 is 0 Å². The summed E-state index contributed by atoms with van der Waals surface area (Å²) >= 11 is 1.45. The smallest absolute Gasteiger partial charge is 0.225 e. The Hall–Kier alpha value is -2.32. The number of nitriles is 1. The summed E-state index contributed by atoms with van der Waals surface area (Å²) in [7, 11) is 0. The molecule has 130 valence electrons. The van der Waals surface area contributed by atoms with Gasteiger partial charge < -0.3 is 5.32 Å². The Bertz CT molecular complexity index is 809. The van der Waals surface area contributed by atoms with Gasteiger partial charge in [0.25, 0.3) is 0 Å². The molecule has 0 aliphatic heterocycles. The zero-order valence-electron chi connectivity index (χ0n) is 15.1. The summed E-state index contributed by atoms with van der Waals surface area (Å²) in [5.74, 6) is 0.860. The van der Waals surface area contributed by atoms with Gasteiger partial charge in [-0.2, -0.15) is 5.26 Å².